The monoisotopic (exact) mass is 237 g/mol. The summed E-state index contributed by atoms with van der Waals surface area (Å²) in [5, 5.41) is 3.71. The molecule has 0 aromatic carbocycles. The Bertz CT molecular complexity index is 264. The van der Waals surface area contributed by atoms with Crippen LogP contribution in [-0.4, -0.2) is 13.3 Å². The van der Waals surface area contributed by atoms with Crippen molar-refractivity contribution >= 4 is 6.21 Å². The lowest BCUT2D eigenvalue weighted by Gasteiger charge is -2.00. The molecule has 0 radical (unpaired) electrons. The van der Waals surface area contributed by atoms with Gasteiger partial charge in [0.05, 0.1) is 0 Å². The third kappa shape index (κ3) is 11.2. The highest BCUT2D eigenvalue weighted by Gasteiger charge is 1.90. The van der Waals surface area contributed by atoms with Crippen LogP contribution in [0.4, 0.5) is 0 Å². The fourth-order valence-electron chi connectivity index (χ4n) is 1.68. The van der Waals surface area contributed by atoms with Crippen LogP contribution in [0, 0.1) is 0 Å². The van der Waals surface area contributed by atoms with Crippen LogP contribution in [0.15, 0.2) is 28.5 Å². The molecule has 0 saturated carbocycles. The molecular weight excluding hydrogens is 210 g/mol. The first kappa shape index (κ1) is 16.0. The number of unbranched alkanes of at least 4 members (excludes halogenated alkanes) is 1. The zero-order chi connectivity index (χ0) is 12.9. The smallest absolute Gasteiger partial charge is 0.106 e. The second kappa shape index (κ2) is 11.4. The zero-order valence-corrected chi connectivity index (χ0v) is 11.8. The number of allylic oxidation sites excluding steroid dienone is 4. The second-order valence-electron chi connectivity index (χ2n) is 4.44. The average molecular weight is 237 g/mol. The summed E-state index contributed by atoms with van der Waals surface area (Å²) in [5.41, 5.74) is 2.99. The molecule has 0 unspecified atom stereocenters. The molecule has 0 bridgehead atoms. The fraction of sp³-hybridized carbons (Fsp3) is 0.667. The highest BCUT2D eigenvalue weighted by atomic mass is 16.6. The van der Waals surface area contributed by atoms with Crippen LogP contribution in [-0.2, 0) is 4.84 Å². The molecule has 17 heavy (non-hydrogen) atoms. The van der Waals surface area contributed by atoms with Gasteiger partial charge in [0.1, 0.15) is 7.11 Å². The molecule has 0 amide bonds. The SMILES string of the molecule is CCC/C(C)=C/CC/C(C)=C/CC/C=N/OC. The molecule has 2 nitrogen and oxygen atoms in total. The summed E-state index contributed by atoms with van der Waals surface area (Å²) in [6, 6.07) is 0. The Labute approximate surface area is 106 Å². The van der Waals surface area contributed by atoms with Crippen LogP contribution in [0.3, 0.4) is 0 Å². The van der Waals surface area contributed by atoms with Gasteiger partial charge >= 0.3 is 0 Å². The molecule has 0 aromatic rings. The van der Waals surface area contributed by atoms with Gasteiger partial charge in [-0.2, -0.15) is 0 Å². The van der Waals surface area contributed by atoms with Gasteiger partial charge in [0.2, 0.25) is 0 Å². The van der Waals surface area contributed by atoms with Crippen molar-refractivity contribution in [3.8, 4) is 0 Å². The minimum Gasteiger partial charge on any atom is -0.399 e. The molecule has 0 aliphatic heterocycles. The number of hydrogen-bond donors (Lipinski definition) is 0. The van der Waals surface area contributed by atoms with E-state index in [0.717, 1.165) is 12.8 Å². The number of nitrogens with zero attached hydrogens (tertiary/aromatic N) is 1. The van der Waals surface area contributed by atoms with Gasteiger partial charge in [0.15, 0.2) is 0 Å². The maximum Gasteiger partial charge on any atom is 0.106 e. The van der Waals surface area contributed by atoms with Gasteiger partial charge in [0.25, 0.3) is 0 Å². The molecular formula is C15H27NO. The third-order valence-electron chi connectivity index (χ3n) is 2.64. The van der Waals surface area contributed by atoms with Crippen molar-refractivity contribution < 1.29 is 4.84 Å². The van der Waals surface area contributed by atoms with Crippen molar-refractivity contribution in [1.82, 2.24) is 0 Å². The zero-order valence-electron chi connectivity index (χ0n) is 11.8. The summed E-state index contributed by atoms with van der Waals surface area (Å²) in [5.74, 6) is 0. The van der Waals surface area contributed by atoms with E-state index >= 15 is 0 Å². The minimum atomic E-state index is 0.954. The quantitative estimate of drug-likeness (QED) is 0.242. The van der Waals surface area contributed by atoms with Crippen molar-refractivity contribution in [2.24, 2.45) is 5.16 Å². The van der Waals surface area contributed by atoms with Gasteiger partial charge < -0.3 is 4.84 Å². The van der Waals surface area contributed by atoms with Crippen LogP contribution in [0.25, 0.3) is 0 Å². The largest absolute Gasteiger partial charge is 0.399 e. The Balaban J connectivity index is 3.70. The normalized spacial score (nSPS) is 13.4. The molecule has 0 rings (SSSR count). The van der Waals surface area contributed by atoms with E-state index in [2.05, 4.69) is 42.9 Å². The predicted molar refractivity (Wildman–Crippen MR) is 76.4 cm³/mol. The van der Waals surface area contributed by atoms with Gasteiger partial charge in [0, 0.05) is 6.21 Å². The Kier molecular flexibility index (Phi) is 10.7. The summed E-state index contributed by atoms with van der Waals surface area (Å²) >= 11 is 0. The number of hydrogen-bond acceptors (Lipinski definition) is 2. The first-order valence-corrected chi connectivity index (χ1v) is 6.57. The Morgan fingerprint density at radius 1 is 1.00 bits per heavy atom. The number of oxime groups is 1. The van der Waals surface area contributed by atoms with E-state index in [-0.39, 0.29) is 0 Å². The lowest BCUT2D eigenvalue weighted by atomic mass is 10.1. The average Bonchev–Trinajstić information content (AvgIpc) is 2.29. The van der Waals surface area contributed by atoms with E-state index in [9.17, 15) is 0 Å². The van der Waals surface area contributed by atoms with Gasteiger partial charge in [-0.15, -0.1) is 0 Å². The highest BCUT2D eigenvalue weighted by Crippen LogP contribution is 2.10. The molecule has 0 aliphatic rings. The van der Waals surface area contributed by atoms with Crippen molar-refractivity contribution in [1.29, 1.82) is 0 Å². The Morgan fingerprint density at radius 2 is 1.65 bits per heavy atom. The first-order valence-electron chi connectivity index (χ1n) is 6.57. The number of rotatable bonds is 9. The third-order valence-corrected chi connectivity index (χ3v) is 2.64. The lowest BCUT2D eigenvalue weighted by Crippen LogP contribution is -1.81. The summed E-state index contributed by atoms with van der Waals surface area (Å²) in [6.45, 7) is 6.66. The summed E-state index contributed by atoms with van der Waals surface area (Å²) in [7, 11) is 1.57. The molecule has 98 valence electrons. The predicted octanol–water partition coefficient (Wildman–Crippen LogP) is 4.87. The van der Waals surface area contributed by atoms with Crippen LogP contribution in [0.2, 0.25) is 0 Å². The standard InChI is InChI=1S/C15H27NO/c1-5-9-14(2)11-8-12-15(3)10-6-7-13-16-17-4/h10-11,13H,5-9,12H2,1-4H3/b14-11+,15-10+,16-13+. The maximum absolute atomic E-state index is 4.60. The van der Waals surface area contributed by atoms with E-state index < -0.39 is 0 Å². The van der Waals surface area contributed by atoms with Crippen LogP contribution in [0.1, 0.15) is 59.3 Å². The molecule has 2 heteroatoms. The van der Waals surface area contributed by atoms with Crippen molar-refractivity contribution in [3.05, 3.63) is 23.3 Å². The van der Waals surface area contributed by atoms with Crippen molar-refractivity contribution in [2.45, 2.75) is 59.3 Å². The summed E-state index contributed by atoms with van der Waals surface area (Å²) in [4.78, 5) is 4.60. The summed E-state index contributed by atoms with van der Waals surface area (Å²) in [6.07, 6.45) is 13.3. The molecule has 0 atom stereocenters. The van der Waals surface area contributed by atoms with Crippen LogP contribution < -0.4 is 0 Å². The van der Waals surface area contributed by atoms with Gasteiger partial charge in [-0.3, -0.25) is 0 Å². The molecule has 0 saturated heterocycles. The fourth-order valence-corrected chi connectivity index (χ4v) is 1.68. The molecule has 0 fully saturated rings. The van der Waals surface area contributed by atoms with E-state index in [4.69, 9.17) is 0 Å². The first-order chi connectivity index (χ1) is 8.20. The van der Waals surface area contributed by atoms with E-state index in [1.54, 1.807) is 7.11 Å². The molecule has 0 aliphatic carbocycles. The maximum atomic E-state index is 4.60. The summed E-state index contributed by atoms with van der Waals surface area (Å²) < 4.78 is 0. The Hall–Kier alpha value is -1.05. The van der Waals surface area contributed by atoms with Gasteiger partial charge in [-0.1, -0.05) is 41.8 Å². The molecule has 0 aromatic heterocycles. The highest BCUT2D eigenvalue weighted by molar-refractivity contribution is 5.56. The van der Waals surface area contributed by atoms with Crippen LogP contribution >= 0.6 is 0 Å². The molecule has 0 N–H and O–H groups in total. The van der Waals surface area contributed by atoms with Gasteiger partial charge in [-0.05, 0) is 46.0 Å². The van der Waals surface area contributed by atoms with Crippen molar-refractivity contribution in [3.63, 3.8) is 0 Å². The second-order valence-corrected chi connectivity index (χ2v) is 4.44. The lowest BCUT2D eigenvalue weighted by molar-refractivity contribution is 0.214. The van der Waals surface area contributed by atoms with Gasteiger partial charge in [-0.25, -0.2) is 0 Å². The molecule has 0 heterocycles. The Morgan fingerprint density at radius 3 is 2.29 bits per heavy atom. The van der Waals surface area contributed by atoms with Crippen LogP contribution in [0.5, 0.6) is 0 Å². The van der Waals surface area contributed by atoms with E-state index in [1.807, 2.05) is 6.21 Å². The topological polar surface area (TPSA) is 21.6 Å². The van der Waals surface area contributed by atoms with E-state index in [0.29, 0.717) is 0 Å². The minimum absolute atomic E-state index is 0.954. The van der Waals surface area contributed by atoms with E-state index in [1.165, 1.54) is 36.8 Å². The molecule has 0 spiro atoms. The van der Waals surface area contributed by atoms with Crippen molar-refractivity contribution in [2.75, 3.05) is 7.11 Å².